The van der Waals surface area contributed by atoms with Crippen LogP contribution in [-0.4, -0.2) is 26.2 Å². The van der Waals surface area contributed by atoms with E-state index in [1.165, 1.54) is 14.2 Å². The predicted molar refractivity (Wildman–Crippen MR) is 74.0 cm³/mol. The van der Waals surface area contributed by atoms with Crippen molar-refractivity contribution in [1.82, 2.24) is 0 Å². The third-order valence-electron chi connectivity index (χ3n) is 3.92. The Morgan fingerprint density at radius 1 is 1.15 bits per heavy atom. The molecule has 106 valence electrons. The Morgan fingerprint density at radius 2 is 1.70 bits per heavy atom. The largest absolute Gasteiger partial charge is 0.468 e. The van der Waals surface area contributed by atoms with Crippen molar-refractivity contribution >= 4 is 11.9 Å². The van der Waals surface area contributed by atoms with Crippen LogP contribution in [0, 0.1) is 5.41 Å². The minimum atomic E-state index is -1.32. The maximum Gasteiger partial charge on any atom is 0.324 e. The zero-order valence-electron chi connectivity index (χ0n) is 11.7. The maximum atomic E-state index is 12.3. The van der Waals surface area contributed by atoms with Gasteiger partial charge in [-0.05, 0) is 18.4 Å². The summed E-state index contributed by atoms with van der Waals surface area (Å²) in [5.41, 5.74) is 0.457. The van der Waals surface area contributed by atoms with Crippen LogP contribution < -0.4 is 0 Å². The molecule has 0 amide bonds. The average Bonchev–Trinajstić information content (AvgIpc) is 2.85. The highest BCUT2D eigenvalue weighted by Crippen LogP contribution is 2.52. The van der Waals surface area contributed by atoms with Crippen LogP contribution in [0.4, 0.5) is 0 Å². The summed E-state index contributed by atoms with van der Waals surface area (Å²) >= 11 is 0. The lowest BCUT2D eigenvalue weighted by Crippen LogP contribution is -2.43. The molecule has 0 radical (unpaired) electrons. The molecule has 2 rings (SSSR count). The molecule has 20 heavy (non-hydrogen) atoms. The number of hydrogen-bond donors (Lipinski definition) is 0. The summed E-state index contributed by atoms with van der Waals surface area (Å²) in [6, 6.07) is 9.48. The van der Waals surface area contributed by atoms with Gasteiger partial charge >= 0.3 is 11.9 Å². The molecule has 1 aromatic rings. The first-order valence-corrected chi connectivity index (χ1v) is 6.44. The third kappa shape index (κ3) is 2.11. The van der Waals surface area contributed by atoms with Gasteiger partial charge in [0.1, 0.15) is 0 Å². The van der Waals surface area contributed by atoms with Gasteiger partial charge in [-0.25, -0.2) is 0 Å². The average molecular weight is 274 g/mol. The van der Waals surface area contributed by atoms with Crippen molar-refractivity contribution in [3.8, 4) is 0 Å². The molecular weight excluding hydrogens is 256 g/mol. The standard InChI is InChI=1S/C16H18O4/c1-11-9-13(12-7-5-4-6-8-12)16(10-11,14(17)19-2)15(18)20-3/h4-8,13H,1,9-10H2,2-3H3. The molecule has 1 aromatic carbocycles. The van der Waals surface area contributed by atoms with E-state index in [4.69, 9.17) is 9.47 Å². The number of rotatable bonds is 3. The smallest absolute Gasteiger partial charge is 0.324 e. The topological polar surface area (TPSA) is 52.6 Å². The van der Waals surface area contributed by atoms with E-state index in [1.54, 1.807) is 0 Å². The van der Waals surface area contributed by atoms with Crippen LogP contribution in [0.2, 0.25) is 0 Å². The minimum absolute atomic E-state index is 0.270. The minimum Gasteiger partial charge on any atom is -0.468 e. The monoisotopic (exact) mass is 274 g/mol. The van der Waals surface area contributed by atoms with Crippen molar-refractivity contribution in [1.29, 1.82) is 0 Å². The molecule has 4 nitrogen and oxygen atoms in total. The zero-order valence-corrected chi connectivity index (χ0v) is 11.7. The van der Waals surface area contributed by atoms with Gasteiger partial charge in [0.2, 0.25) is 0 Å². The highest BCUT2D eigenvalue weighted by atomic mass is 16.5. The summed E-state index contributed by atoms with van der Waals surface area (Å²) < 4.78 is 9.76. The number of benzene rings is 1. The fourth-order valence-electron chi connectivity index (χ4n) is 3.02. The molecular formula is C16H18O4. The van der Waals surface area contributed by atoms with Crippen molar-refractivity contribution in [2.45, 2.75) is 18.8 Å². The fraction of sp³-hybridized carbons (Fsp3) is 0.375. The van der Waals surface area contributed by atoms with Crippen LogP contribution in [-0.2, 0) is 19.1 Å². The molecule has 0 saturated heterocycles. The molecule has 1 aliphatic rings. The second-order valence-corrected chi connectivity index (χ2v) is 5.05. The van der Waals surface area contributed by atoms with Crippen molar-refractivity contribution in [2.24, 2.45) is 5.41 Å². The second kappa shape index (κ2) is 5.49. The molecule has 0 bridgehead atoms. The van der Waals surface area contributed by atoms with E-state index in [2.05, 4.69) is 6.58 Å². The van der Waals surface area contributed by atoms with Crippen LogP contribution in [0.3, 0.4) is 0 Å². The van der Waals surface area contributed by atoms with Gasteiger partial charge in [0, 0.05) is 5.92 Å². The van der Waals surface area contributed by atoms with E-state index in [1.807, 2.05) is 30.3 Å². The maximum absolute atomic E-state index is 12.3. The van der Waals surface area contributed by atoms with Crippen molar-refractivity contribution in [3.05, 3.63) is 48.0 Å². The van der Waals surface area contributed by atoms with Crippen molar-refractivity contribution in [3.63, 3.8) is 0 Å². The molecule has 1 aliphatic carbocycles. The van der Waals surface area contributed by atoms with Crippen LogP contribution in [0.1, 0.15) is 24.3 Å². The van der Waals surface area contributed by atoms with Crippen LogP contribution in [0.15, 0.2) is 42.5 Å². The molecule has 4 heteroatoms. The van der Waals surface area contributed by atoms with Gasteiger partial charge in [0.05, 0.1) is 14.2 Å². The normalized spacial score (nSPS) is 20.5. The summed E-state index contributed by atoms with van der Waals surface area (Å²) in [4.78, 5) is 24.6. The number of carbonyl (C=O) groups is 2. The first-order valence-electron chi connectivity index (χ1n) is 6.44. The van der Waals surface area contributed by atoms with Crippen molar-refractivity contribution in [2.75, 3.05) is 14.2 Å². The zero-order chi connectivity index (χ0) is 14.8. The lowest BCUT2D eigenvalue weighted by Gasteiger charge is -2.29. The molecule has 1 fully saturated rings. The molecule has 0 spiro atoms. The SMILES string of the molecule is C=C1CC(c2ccccc2)C(C(=O)OC)(C(=O)OC)C1. The Labute approximate surface area is 118 Å². The van der Waals surface area contributed by atoms with E-state index in [0.29, 0.717) is 6.42 Å². The number of allylic oxidation sites excluding steroid dienone is 1. The summed E-state index contributed by atoms with van der Waals surface area (Å²) in [5, 5.41) is 0. The van der Waals surface area contributed by atoms with Crippen LogP contribution in [0.5, 0.6) is 0 Å². The van der Waals surface area contributed by atoms with Gasteiger partial charge in [0.25, 0.3) is 0 Å². The van der Waals surface area contributed by atoms with E-state index < -0.39 is 17.4 Å². The number of ether oxygens (including phenoxy) is 2. The highest BCUT2D eigenvalue weighted by molar-refractivity contribution is 6.02. The number of hydrogen-bond acceptors (Lipinski definition) is 4. The van der Waals surface area contributed by atoms with Gasteiger partial charge in [-0.1, -0.05) is 42.5 Å². The van der Waals surface area contributed by atoms with Gasteiger partial charge in [-0.2, -0.15) is 0 Å². The first kappa shape index (κ1) is 14.3. The first-order chi connectivity index (χ1) is 9.56. The summed E-state index contributed by atoms with van der Waals surface area (Å²) in [5.74, 6) is -1.41. The summed E-state index contributed by atoms with van der Waals surface area (Å²) in [6.07, 6.45) is 0.847. The number of esters is 2. The molecule has 0 aromatic heterocycles. The predicted octanol–water partition coefficient (Wildman–Crippen LogP) is 2.45. The molecule has 1 saturated carbocycles. The van der Waals surface area contributed by atoms with Gasteiger partial charge in [-0.3, -0.25) is 9.59 Å². The van der Waals surface area contributed by atoms with Crippen LogP contribution >= 0.6 is 0 Å². The quantitative estimate of drug-likeness (QED) is 0.482. The Bertz CT molecular complexity index is 517. The highest BCUT2D eigenvalue weighted by Gasteiger charge is 2.58. The van der Waals surface area contributed by atoms with Crippen molar-refractivity contribution < 1.29 is 19.1 Å². The van der Waals surface area contributed by atoms with Crippen LogP contribution in [0.25, 0.3) is 0 Å². The number of carbonyl (C=O) groups excluding carboxylic acids is 2. The molecule has 0 aliphatic heterocycles. The Morgan fingerprint density at radius 3 is 2.20 bits per heavy atom. The molecule has 0 N–H and O–H groups in total. The Balaban J connectivity index is 2.55. The Kier molecular flexibility index (Phi) is 3.93. The van der Waals surface area contributed by atoms with E-state index in [9.17, 15) is 9.59 Å². The van der Waals surface area contributed by atoms with E-state index in [0.717, 1.165) is 11.1 Å². The number of methoxy groups -OCH3 is 2. The van der Waals surface area contributed by atoms with Gasteiger partial charge < -0.3 is 9.47 Å². The Hall–Kier alpha value is -2.10. The van der Waals surface area contributed by atoms with E-state index >= 15 is 0 Å². The van der Waals surface area contributed by atoms with E-state index in [-0.39, 0.29) is 12.3 Å². The lowest BCUT2D eigenvalue weighted by atomic mass is 9.74. The molecule has 0 heterocycles. The molecule has 1 unspecified atom stereocenters. The van der Waals surface area contributed by atoms with Gasteiger partial charge in [-0.15, -0.1) is 0 Å². The summed E-state index contributed by atoms with van der Waals surface area (Å²) in [7, 11) is 2.58. The summed E-state index contributed by atoms with van der Waals surface area (Å²) in [6.45, 7) is 3.94. The second-order valence-electron chi connectivity index (χ2n) is 5.05. The lowest BCUT2D eigenvalue weighted by molar-refractivity contribution is -0.169. The third-order valence-corrected chi connectivity index (χ3v) is 3.92. The molecule has 1 atom stereocenters. The van der Waals surface area contributed by atoms with Gasteiger partial charge in [0.15, 0.2) is 5.41 Å². The fourth-order valence-corrected chi connectivity index (χ4v) is 3.02.